The van der Waals surface area contributed by atoms with Gasteiger partial charge in [-0.05, 0) is 38.5 Å². The first-order chi connectivity index (χ1) is 9.61. The molecule has 110 valence electrons. The maximum Gasteiger partial charge on any atom is 0.246 e. The van der Waals surface area contributed by atoms with Gasteiger partial charge in [0, 0.05) is 19.1 Å². The summed E-state index contributed by atoms with van der Waals surface area (Å²) in [5.74, 6) is 1.01. The van der Waals surface area contributed by atoms with Crippen LogP contribution < -0.4 is 5.32 Å². The number of sulfonamides is 1. The van der Waals surface area contributed by atoms with Crippen LogP contribution in [0, 0.1) is 5.92 Å². The predicted octanol–water partition coefficient (Wildman–Crippen LogP) is 1.47. The molecule has 2 fully saturated rings. The van der Waals surface area contributed by atoms with Crippen LogP contribution in [0.25, 0.3) is 0 Å². The average molecular weight is 296 g/mol. The quantitative estimate of drug-likeness (QED) is 0.824. The SMILES string of the molecule is CCNc1ncc(S(=O)(=O)N(CC2CC2)C2CC2)cn1. The second-order valence-electron chi connectivity index (χ2n) is 5.52. The zero-order chi connectivity index (χ0) is 14.2. The molecule has 2 saturated carbocycles. The molecule has 3 rings (SSSR count). The third-order valence-corrected chi connectivity index (χ3v) is 5.53. The Bertz CT molecular complexity index is 565. The summed E-state index contributed by atoms with van der Waals surface area (Å²) in [6.07, 6.45) is 7.05. The van der Waals surface area contributed by atoms with Gasteiger partial charge in [-0.25, -0.2) is 18.4 Å². The molecule has 1 heterocycles. The van der Waals surface area contributed by atoms with Crippen LogP contribution in [0.4, 0.5) is 5.95 Å². The van der Waals surface area contributed by atoms with Crippen molar-refractivity contribution in [1.82, 2.24) is 14.3 Å². The maximum atomic E-state index is 12.7. The molecule has 0 atom stereocenters. The van der Waals surface area contributed by atoms with Crippen molar-refractivity contribution >= 4 is 16.0 Å². The Morgan fingerprint density at radius 2 is 1.90 bits per heavy atom. The molecule has 0 saturated heterocycles. The molecular formula is C13H20N4O2S. The first-order valence-corrected chi connectivity index (χ1v) is 8.63. The highest BCUT2D eigenvalue weighted by atomic mass is 32.2. The summed E-state index contributed by atoms with van der Waals surface area (Å²) >= 11 is 0. The minimum atomic E-state index is -3.44. The summed E-state index contributed by atoms with van der Waals surface area (Å²) in [7, 11) is -3.44. The molecule has 20 heavy (non-hydrogen) atoms. The van der Waals surface area contributed by atoms with Crippen molar-refractivity contribution in [2.24, 2.45) is 5.92 Å². The van der Waals surface area contributed by atoms with Crippen molar-refractivity contribution < 1.29 is 8.42 Å². The number of nitrogens with zero attached hydrogens (tertiary/aromatic N) is 3. The van der Waals surface area contributed by atoms with Gasteiger partial charge in [0.1, 0.15) is 4.90 Å². The predicted molar refractivity (Wildman–Crippen MR) is 75.8 cm³/mol. The van der Waals surface area contributed by atoms with Crippen LogP contribution in [-0.2, 0) is 10.0 Å². The Balaban J connectivity index is 1.81. The van der Waals surface area contributed by atoms with Crippen LogP contribution in [-0.4, -0.2) is 41.8 Å². The van der Waals surface area contributed by atoms with E-state index in [9.17, 15) is 8.42 Å². The van der Waals surface area contributed by atoms with E-state index in [2.05, 4.69) is 15.3 Å². The van der Waals surface area contributed by atoms with Gasteiger partial charge in [-0.1, -0.05) is 0 Å². The normalized spacial score (nSPS) is 19.3. The van der Waals surface area contributed by atoms with E-state index in [0.717, 1.165) is 25.7 Å². The fourth-order valence-electron chi connectivity index (χ4n) is 2.20. The molecule has 0 unspecified atom stereocenters. The second kappa shape index (κ2) is 5.29. The number of anilines is 1. The van der Waals surface area contributed by atoms with E-state index < -0.39 is 10.0 Å². The first-order valence-electron chi connectivity index (χ1n) is 7.19. The van der Waals surface area contributed by atoms with Gasteiger partial charge in [0.05, 0.1) is 12.4 Å². The summed E-state index contributed by atoms with van der Waals surface area (Å²) in [5.41, 5.74) is 0. The van der Waals surface area contributed by atoms with Gasteiger partial charge in [0.2, 0.25) is 16.0 Å². The monoisotopic (exact) mass is 296 g/mol. The molecule has 0 spiro atoms. The van der Waals surface area contributed by atoms with Crippen LogP contribution in [0.1, 0.15) is 32.6 Å². The minimum absolute atomic E-state index is 0.189. The molecule has 0 amide bonds. The van der Waals surface area contributed by atoms with Gasteiger partial charge in [-0.15, -0.1) is 0 Å². The van der Waals surface area contributed by atoms with E-state index in [1.807, 2.05) is 6.92 Å². The smallest absolute Gasteiger partial charge is 0.246 e. The first kappa shape index (κ1) is 13.8. The summed E-state index contributed by atoms with van der Waals surface area (Å²) in [4.78, 5) is 8.33. The topological polar surface area (TPSA) is 75.2 Å². The number of hydrogen-bond donors (Lipinski definition) is 1. The second-order valence-corrected chi connectivity index (χ2v) is 7.41. The number of aromatic nitrogens is 2. The summed E-state index contributed by atoms with van der Waals surface area (Å²) in [5, 5.41) is 2.96. The molecule has 0 aromatic carbocycles. The molecule has 7 heteroatoms. The highest BCUT2D eigenvalue weighted by Crippen LogP contribution is 2.37. The molecule has 6 nitrogen and oxygen atoms in total. The van der Waals surface area contributed by atoms with Gasteiger partial charge in [-0.2, -0.15) is 4.31 Å². The van der Waals surface area contributed by atoms with Crippen molar-refractivity contribution in [3.63, 3.8) is 0 Å². The number of rotatable bonds is 7. The molecule has 2 aliphatic carbocycles. The molecule has 0 aliphatic heterocycles. The molecule has 0 bridgehead atoms. The van der Waals surface area contributed by atoms with Crippen LogP contribution >= 0.6 is 0 Å². The molecule has 0 radical (unpaired) electrons. The van der Waals surface area contributed by atoms with Crippen molar-refractivity contribution in [2.75, 3.05) is 18.4 Å². The lowest BCUT2D eigenvalue weighted by atomic mass is 10.4. The van der Waals surface area contributed by atoms with Gasteiger partial charge in [0.15, 0.2) is 0 Å². The summed E-state index contributed by atoms with van der Waals surface area (Å²) in [6.45, 7) is 3.31. The number of hydrogen-bond acceptors (Lipinski definition) is 5. The van der Waals surface area contributed by atoms with Gasteiger partial charge in [-0.3, -0.25) is 0 Å². The molecule has 1 N–H and O–H groups in total. The maximum absolute atomic E-state index is 12.7. The van der Waals surface area contributed by atoms with E-state index in [0.29, 0.717) is 25.0 Å². The van der Waals surface area contributed by atoms with Crippen LogP contribution in [0.2, 0.25) is 0 Å². The van der Waals surface area contributed by atoms with E-state index in [4.69, 9.17) is 0 Å². The third-order valence-electron chi connectivity index (χ3n) is 3.66. The van der Waals surface area contributed by atoms with Crippen molar-refractivity contribution in [3.05, 3.63) is 12.4 Å². The fourth-order valence-corrected chi connectivity index (χ4v) is 3.85. The van der Waals surface area contributed by atoms with E-state index in [1.165, 1.54) is 12.4 Å². The standard InChI is InChI=1S/C13H20N4O2S/c1-2-14-13-15-7-12(8-16-13)20(18,19)17(11-5-6-11)9-10-3-4-10/h7-8,10-11H,2-6,9H2,1H3,(H,14,15,16). The van der Waals surface area contributed by atoms with E-state index in [-0.39, 0.29) is 10.9 Å². The van der Waals surface area contributed by atoms with Crippen LogP contribution in [0.5, 0.6) is 0 Å². The summed E-state index contributed by atoms with van der Waals surface area (Å²) < 4.78 is 27.0. The molecular weight excluding hydrogens is 276 g/mol. The molecule has 1 aromatic heterocycles. The zero-order valence-corrected chi connectivity index (χ0v) is 12.4. The van der Waals surface area contributed by atoms with Crippen molar-refractivity contribution in [2.45, 2.75) is 43.5 Å². The lowest BCUT2D eigenvalue weighted by Crippen LogP contribution is -2.35. The Morgan fingerprint density at radius 1 is 1.25 bits per heavy atom. The highest BCUT2D eigenvalue weighted by Gasteiger charge is 2.41. The van der Waals surface area contributed by atoms with E-state index in [1.54, 1.807) is 4.31 Å². The largest absolute Gasteiger partial charge is 0.355 e. The Hall–Kier alpha value is -1.21. The number of nitrogens with one attached hydrogen (secondary N) is 1. The van der Waals surface area contributed by atoms with Crippen LogP contribution in [0.15, 0.2) is 17.3 Å². The fraction of sp³-hybridized carbons (Fsp3) is 0.692. The van der Waals surface area contributed by atoms with Crippen molar-refractivity contribution in [1.29, 1.82) is 0 Å². The highest BCUT2D eigenvalue weighted by molar-refractivity contribution is 7.89. The van der Waals surface area contributed by atoms with Gasteiger partial charge >= 0.3 is 0 Å². The molecule has 1 aromatic rings. The lowest BCUT2D eigenvalue weighted by molar-refractivity contribution is 0.388. The van der Waals surface area contributed by atoms with E-state index >= 15 is 0 Å². The Kier molecular flexibility index (Phi) is 3.64. The van der Waals surface area contributed by atoms with Gasteiger partial charge in [0.25, 0.3) is 0 Å². The molecule has 2 aliphatic rings. The zero-order valence-electron chi connectivity index (χ0n) is 11.6. The van der Waals surface area contributed by atoms with Crippen LogP contribution in [0.3, 0.4) is 0 Å². The van der Waals surface area contributed by atoms with Crippen molar-refractivity contribution in [3.8, 4) is 0 Å². The Morgan fingerprint density at radius 3 is 2.40 bits per heavy atom. The van der Waals surface area contributed by atoms with Gasteiger partial charge < -0.3 is 5.32 Å². The Labute approximate surface area is 119 Å². The minimum Gasteiger partial charge on any atom is -0.355 e. The summed E-state index contributed by atoms with van der Waals surface area (Å²) in [6, 6.07) is 0.189. The lowest BCUT2D eigenvalue weighted by Gasteiger charge is -2.21. The third kappa shape index (κ3) is 2.93. The average Bonchev–Trinajstić information content (AvgIpc) is 3.29.